The Bertz CT molecular complexity index is 476. The first kappa shape index (κ1) is 13.1. The van der Waals surface area contributed by atoms with Crippen LogP contribution in [0.3, 0.4) is 0 Å². The van der Waals surface area contributed by atoms with E-state index in [9.17, 15) is 10.1 Å². The van der Waals surface area contributed by atoms with Crippen LogP contribution >= 0.6 is 11.6 Å². The molecule has 0 amide bonds. The van der Waals surface area contributed by atoms with Gasteiger partial charge in [-0.25, -0.2) is 0 Å². The monoisotopic (exact) mass is 269 g/mol. The number of aromatic nitrogens is 1. The highest BCUT2D eigenvalue weighted by molar-refractivity contribution is 6.33. The Labute approximate surface area is 111 Å². The second-order valence-electron chi connectivity index (χ2n) is 5.35. The fourth-order valence-electron chi connectivity index (χ4n) is 2.47. The minimum atomic E-state index is -0.455. The van der Waals surface area contributed by atoms with Gasteiger partial charge in [0.25, 0.3) is 0 Å². The maximum Gasteiger partial charge on any atom is 0.311 e. The third-order valence-corrected chi connectivity index (χ3v) is 3.94. The Morgan fingerprint density at radius 1 is 1.56 bits per heavy atom. The van der Waals surface area contributed by atoms with Crippen LogP contribution in [0.4, 0.5) is 11.4 Å². The van der Waals surface area contributed by atoms with Crippen LogP contribution in [0.5, 0.6) is 0 Å². The second-order valence-corrected chi connectivity index (χ2v) is 5.76. The Balaban J connectivity index is 2.31. The standard InChI is InChI=1S/C12H16ClN3O2/c1-12(2)5-3-4-10(12)15-11-8(13)6-14-7-9(11)16(17)18/h6-7,10H,3-5H2,1-2H3,(H,14,15). The number of hydrogen-bond acceptors (Lipinski definition) is 4. The van der Waals surface area contributed by atoms with E-state index in [4.69, 9.17) is 11.6 Å². The van der Waals surface area contributed by atoms with E-state index in [1.165, 1.54) is 12.4 Å². The summed E-state index contributed by atoms with van der Waals surface area (Å²) in [5.74, 6) is 0. The molecule has 1 N–H and O–H groups in total. The molecule has 1 aliphatic carbocycles. The van der Waals surface area contributed by atoms with Crippen molar-refractivity contribution in [1.82, 2.24) is 4.98 Å². The van der Waals surface area contributed by atoms with Crippen LogP contribution in [0.2, 0.25) is 5.02 Å². The maximum absolute atomic E-state index is 11.0. The molecule has 2 rings (SSSR count). The van der Waals surface area contributed by atoms with Gasteiger partial charge in [-0.05, 0) is 18.3 Å². The number of halogens is 1. The lowest BCUT2D eigenvalue weighted by Crippen LogP contribution is -2.31. The molecule has 98 valence electrons. The van der Waals surface area contributed by atoms with Crippen molar-refractivity contribution in [3.05, 3.63) is 27.5 Å². The summed E-state index contributed by atoms with van der Waals surface area (Å²) in [6, 6.07) is 0.205. The van der Waals surface area contributed by atoms with Gasteiger partial charge in [-0.3, -0.25) is 15.1 Å². The quantitative estimate of drug-likeness (QED) is 0.672. The van der Waals surface area contributed by atoms with Gasteiger partial charge >= 0.3 is 5.69 Å². The zero-order valence-corrected chi connectivity index (χ0v) is 11.2. The molecule has 0 spiro atoms. The van der Waals surface area contributed by atoms with E-state index in [1.807, 2.05) is 0 Å². The van der Waals surface area contributed by atoms with Gasteiger partial charge in [0, 0.05) is 12.2 Å². The molecule has 0 bridgehead atoms. The lowest BCUT2D eigenvalue weighted by atomic mass is 9.87. The number of pyridine rings is 1. The van der Waals surface area contributed by atoms with Gasteiger partial charge in [0.05, 0.1) is 9.95 Å². The first-order valence-electron chi connectivity index (χ1n) is 5.96. The van der Waals surface area contributed by atoms with Crippen LogP contribution in [-0.2, 0) is 0 Å². The van der Waals surface area contributed by atoms with E-state index in [0.29, 0.717) is 10.7 Å². The van der Waals surface area contributed by atoms with Crippen molar-refractivity contribution in [3.8, 4) is 0 Å². The summed E-state index contributed by atoms with van der Waals surface area (Å²) < 4.78 is 0. The Kier molecular flexibility index (Phi) is 3.43. The second kappa shape index (κ2) is 4.72. The van der Waals surface area contributed by atoms with Gasteiger partial charge < -0.3 is 5.32 Å². The molecule has 1 aromatic heterocycles. The van der Waals surface area contributed by atoms with Crippen molar-refractivity contribution < 1.29 is 4.92 Å². The fourth-order valence-corrected chi connectivity index (χ4v) is 2.68. The molecule has 6 heteroatoms. The zero-order valence-electron chi connectivity index (χ0n) is 10.4. The minimum Gasteiger partial charge on any atom is -0.375 e. The highest BCUT2D eigenvalue weighted by Gasteiger charge is 2.36. The summed E-state index contributed by atoms with van der Waals surface area (Å²) in [6.45, 7) is 4.33. The molecule has 5 nitrogen and oxygen atoms in total. The molecule has 1 heterocycles. The average Bonchev–Trinajstić information content (AvgIpc) is 2.60. The smallest absolute Gasteiger partial charge is 0.311 e. The Morgan fingerprint density at radius 2 is 2.28 bits per heavy atom. The van der Waals surface area contributed by atoms with E-state index < -0.39 is 4.92 Å². The number of nitro groups is 1. The maximum atomic E-state index is 11.0. The molecular weight excluding hydrogens is 254 g/mol. The van der Waals surface area contributed by atoms with E-state index in [0.717, 1.165) is 19.3 Å². The predicted octanol–water partition coefficient (Wildman–Crippen LogP) is 3.63. The van der Waals surface area contributed by atoms with Gasteiger partial charge in [-0.2, -0.15) is 0 Å². The van der Waals surface area contributed by atoms with Crippen molar-refractivity contribution in [1.29, 1.82) is 0 Å². The van der Waals surface area contributed by atoms with Gasteiger partial charge in [0.2, 0.25) is 0 Å². The molecule has 0 aliphatic heterocycles. The summed E-state index contributed by atoms with van der Waals surface area (Å²) in [5.41, 5.74) is 0.447. The molecule has 1 unspecified atom stereocenters. The largest absolute Gasteiger partial charge is 0.375 e. The summed E-state index contributed by atoms with van der Waals surface area (Å²) in [4.78, 5) is 14.3. The van der Waals surface area contributed by atoms with Crippen LogP contribution in [-0.4, -0.2) is 15.9 Å². The van der Waals surface area contributed by atoms with Gasteiger partial charge in [0.15, 0.2) is 0 Å². The third-order valence-electron chi connectivity index (χ3n) is 3.65. The van der Waals surface area contributed by atoms with Crippen molar-refractivity contribution in [2.24, 2.45) is 5.41 Å². The van der Waals surface area contributed by atoms with E-state index in [-0.39, 0.29) is 17.1 Å². The van der Waals surface area contributed by atoms with Crippen LogP contribution < -0.4 is 5.32 Å². The van der Waals surface area contributed by atoms with E-state index >= 15 is 0 Å². The number of nitrogens with one attached hydrogen (secondary N) is 1. The topological polar surface area (TPSA) is 68.1 Å². The van der Waals surface area contributed by atoms with Crippen LogP contribution in [0.15, 0.2) is 12.4 Å². The molecule has 18 heavy (non-hydrogen) atoms. The zero-order chi connectivity index (χ0) is 13.3. The molecule has 1 atom stereocenters. The van der Waals surface area contributed by atoms with Crippen LogP contribution in [0.25, 0.3) is 0 Å². The lowest BCUT2D eigenvalue weighted by Gasteiger charge is -2.28. The third kappa shape index (κ3) is 2.41. The fraction of sp³-hybridized carbons (Fsp3) is 0.583. The molecule has 1 saturated carbocycles. The van der Waals surface area contributed by atoms with E-state index in [1.54, 1.807) is 0 Å². The Morgan fingerprint density at radius 3 is 2.83 bits per heavy atom. The first-order chi connectivity index (χ1) is 8.42. The summed E-state index contributed by atoms with van der Waals surface area (Å²) in [5, 5.41) is 14.5. The highest BCUT2D eigenvalue weighted by Crippen LogP contribution is 2.41. The van der Waals surface area contributed by atoms with Gasteiger partial charge in [-0.15, -0.1) is 0 Å². The number of anilines is 1. The van der Waals surface area contributed by atoms with E-state index in [2.05, 4.69) is 24.1 Å². The van der Waals surface area contributed by atoms with Gasteiger partial charge in [-0.1, -0.05) is 31.9 Å². The van der Waals surface area contributed by atoms with Crippen molar-refractivity contribution in [2.45, 2.75) is 39.2 Å². The molecule has 0 radical (unpaired) electrons. The molecule has 1 aliphatic rings. The molecule has 1 fully saturated rings. The molecular formula is C12H16ClN3O2. The average molecular weight is 270 g/mol. The van der Waals surface area contributed by atoms with Crippen molar-refractivity contribution in [3.63, 3.8) is 0 Å². The number of rotatable bonds is 3. The number of nitrogens with zero attached hydrogens (tertiary/aromatic N) is 2. The van der Waals surface area contributed by atoms with Crippen LogP contribution in [0.1, 0.15) is 33.1 Å². The molecule has 0 aromatic carbocycles. The summed E-state index contributed by atoms with van der Waals surface area (Å²) in [7, 11) is 0. The first-order valence-corrected chi connectivity index (χ1v) is 6.34. The van der Waals surface area contributed by atoms with Gasteiger partial charge in [0.1, 0.15) is 11.9 Å². The Hall–Kier alpha value is -1.36. The number of hydrogen-bond donors (Lipinski definition) is 1. The van der Waals surface area contributed by atoms with Crippen molar-refractivity contribution in [2.75, 3.05) is 5.32 Å². The molecule has 0 saturated heterocycles. The van der Waals surface area contributed by atoms with Crippen LogP contribution in [0, 0.1) is 15.5 Å². The highest BCUT2D eigenvalue weighted by atomic mass is 35.5. The lowest BCUT2D eigenvalue weighted by molar-refractivity contribution is -0.384. The molecule has 1 aromatic rings. The van der Waals surface area contributed by atoms with Crippen molar-refractivity contribution >= 4 is 23.0 Å². The summed E-state index contributed by atoms with van der Waals surface area (Å²) >= 11 is 6.02. The normalized spacial score (nSPS) is 21.8. The SMILES string of the molecule is CC1(C)CCCC1Nc1c(Cl)cncc1[N+](=O)[O-]. The summed E-state index contributed by atoms with van der Waals surface area (Å²) in [6.07, 6.45) is 5.90. The predicted molar refractivity (Wildman–Crippen MR) is 70.9 cm³/mol. The minimum absolute atomic E-state index is 0.0646.